The zero-order valence-corrected chi connectivity index (χ0v) is 19.1. The summed E-state index contributed by atoms with van der Waals surface area (Å²) in [6.07, 6.45) is 0.510. The molecule has 1 atom stereocenters. The van der Waals surface area contributed by atoms with Crippen LogP contribution >= 0.6 is 27.7 Å². The molecule has 0 bridgehead atoms. The van der Waals surface area contributed by atoms with Gasteiger partial charge in [-0.3, -0.25) is 9.59 Å². The monoisotopic (exact) mass is 480 g/mol. The van der Waals surface area contributed by atoms with E-state index in [0.717, 1.165) is 15.6 Å². The van der Waals surface area contributed by atoms with Gasteiger partial charge < -0.3 is 10.2 Å². The van der Waals surface area contributed by atoms with Gasteiger partial charge in [0.05, 0.1) is 5.75 Å². The first kappa shape index (κ1) is 23.4. The van der Waals surface area contributed by atoms with Gasteiger partial charge in [0.2, 0.25) is 11.8 Å². The van der Waals surface area contributed by atoms with Crippen molar-refractivity contribution >= 4 is 39.5 Å². The molecule has 156 valence electrons. The Morgan fingerprint density at radius 3 is 2.28 bits per heavy atom. The summed E-state index contributed by atoms with van der Waals surface area (Å²) >= 11 is 4.93. The molecule has 29 heavy (non-hydrogen) atoms. The first-order valence-corrected chi connectivity index (χ1v) is 11.5. The number of nitrogens with one attached hydrogen (secondary N) is 1. The van der Waals surface area contributed by atoms with Gasteiger partial charge in [0.1, 0.15) is 11.9 Å². The molecule has 0 unspecified atom stereocenters. The van der Waals surface area contributed by atoms with E-state index in [2.05, 4.69) is 21.2 Å². The van der Waals surface area contributed by atoms with Crippen molar-refractivity contribution in [1.82, 2.24) is 10.2 Å². The van der Waals surface area contributed by atoms with Crippen LogP contribution in [-0.4, -0.2) is 35.1 Å². The van der Waals surface area contributed by atoms with Gasteiger partial charge in [0.15, 0.2) is 0 Å². The van der Waals surface area contributed by atoms with Crippen molar-refractivity contribution in [1.29, 1.82) is 0 Å². The third-order valence-corrected chi connectivity index (χ3v) is 5.93. The average Bonchev–Trinajstić information content (AvgIpc) is 2.71. The van der Waals surface area contributed by atoms with Crippen molar-refractivity contribution in [3.05, 3.63) is 69.9 Å². The molecule has 0 fully saturated rings. The minimum atomic E-state index is -0.555. The van der Waals surface area contributed by atoms with Gasteiger partial charge >= 0.3 is 0 Å². The lowest BCUT2D eigenvalue weighted by Gasteiger charge is -2.30. The molecule has 2 amide bonds. The summed E-state index contributed by atoms with van der Waals surface area (Å²) in [6, 6.07) is 13.5. The second kappa shape index (κ2) is 12.0. The Kier molecular flexibility index (Phi) is 9.67. The lowest BCUT2D eigenvalue weighted by molar-refractivity contribution is -0.139. The van der Waals surface area contributed by atoms with E-state index < -0.39 is 6.04 Å². The smallest absolute Gasteiger partial charge is 0.242 e. The zero-order valence-electron chi connectivity index (χ0n) is 16.7. The second-order valence-corrected chi connectivity index (χ2v) is 8.49. The lowest BCUT2D eigenvalue weighted by Crippen LogP contribution is -2.49. The van der Waals surface area contributed by atoms with E-state index in [1.807, 2.05) is 38.1 Å². The quantitative estimate of drug-likeness (QED) is 0.532. The van der Waals surface area contributed by atoms with Crippen molar-refractivity contribution < 1.29 is 14.0 Å². The topological polar surface area (TPSA) is 49.4 Å². The third kappa shape index (κ3) is 7.48. The van der Waals surface area contributed by atoms with Gasteiger partial charge in [-0.15, -0.1) is 11.8 Å². The summed E-state index contributed by atoms with van der Waals surface area (Å²) in [5.74, 6) is 0.388. The zero-order chi connectivity index (χ0) is 21.2. The number of hydrogen-bond donors (Lipinski definition) is 1. The first-order chi connectivity index (χ1) is 13.9. The summed E-state index contributed by atoms with van der Waals surface area (Å²) in [4.78, 5) is 27.1. The summed E-state index contributed by atoms with van der Waals surface area (Å²) < 4.78 is 14.3. The van der Waals surface area contributed by atoms with E-state index in [0.29, 0.717) is 18.7 Å². The van der Waals surface area contributed by atoms with Crippen molar-refractivity contribution in [2.75, 3.05) is 12.3 Å². The van der Waals surface area contributed by atoms with E-state index in [1.165, 1.54) is 23.9 Å². The number of thioether (sulfide) groups is 1. The van der Waals surface area contributed by atoms with Crippen LogP contribution in [0.2, 0.25) is 0 Å². The van der Waals surface area contributed by atoms with Crippen molar-refractivity contribution in [2.24, 2.45) is 0 Å². The molecule has 0 aliphatic carbocycles. The molecule has 0 aliphatic heterocycles. The van der Waals surface area contributed by atoms with Crippen molar-refractivity contribution in [2.45, 2.75) is 38.6 Å². The maximum atomic E-state index is 13.2. The normalized spacial score (nSPS) is 11.7. The molecular formula is C22H26BrFN2O2S. The third-order valence-electron chi connectivity index (χ3n) is 4.41. The standard InChI is InChI=1S/C22H26BrFN2O2S/c1-3-20(22(28)25-4-2)26(13-16-7-11-19(24)12-8-16)21(27)15-29-14-17-5-9-18(23)10-6-17/h5-12,20H,3-4,13-15H2,1-2H3,(H,25,28)/t20-/m1/s1. The maximum absolute atomic E-state index is 13.2. The fraction of sp³-hybridized carbons (Fsp3) is 0.364. The fourth-order valence-corrected chi connectivity index (χ4v) is 4.05. The highest BCUT2D eigenvalue weighted by Gasteiger charge is 2.28. The number of carbonyl (C=O) groups excluding carboxylic acids is 2. The molecular weight excluding hydrogens is 455 g/mol. The second-order valence-electron chi connectivity index (χ2n) is 6.59. The van der Waals surface area contributed by atoms with Gasteiger partial charge in [-0.25, -0.2) is 4.39 Å². The fourth-order valence-electron chi connectivity index (χ4n) is 2.92. The van der Waals surface area contributed by atoms with Gasteiger partial charge in [0, 0.05) is 23.3 Å². The number of hydrogen-bond acceptors (Lipinski definition) is 3. The van der Waals surface area contributed by atoms with Crippen molar-refractivity contribution in [3.63, 3.8) is 0 Å². The van der Waals surface area contributed by atoms with Gasteiger partial charge in [-0.05, 0) is 48.7 Å². The Labute approximate surface area is 184 Å². The maximum Gasteiger partial charge on any atom is 0.242 e. The molecule has 0 radical (unpaired) electrons. The SMILES string of the molecule is CCNC(=O)[C@@H](CC)N(Cc1ccc(F)cc1)C(=O)CSCc1ccc(Br)cc1. The van der Waals surface area contributed by atoms with Crippen LogP contribution in [0.15, 0.2) is 53.0 Å². The number of rotatable bonds is 10. The van der Waals surface area contributed by atoms with Crippen LogP contribution in [0.5, 0.6) is 0 Å². The highest BCUT2D eigenvalue weighted by Crippen LogP contribution is 2.19. The average molecular weight is 481 g/mol. The number of benzene rings is 2. The van der Waals surface area contributed by atoms with Crippen LogP contribution in [0, 0.1) is 5.82 Å². The number of likely N-dealkylation sites (N-methyl/N-ethyl adjacent to an activating group) is 1. The molecule has 1 N–H and O–H groups in total. The number of nitrogens with zero attached hydrogens (tertiary/aromatic N) is 1. The Hall–Kier alpha value is -1.86. The highest BCUT2D eigenvalue weighted by atomic mass is 79.9. The van der Waals surface area contributed by atoms with Crippen LogP contribution < -0.4 is 5.32 Å². The van der Waals surface area contributed by atoms with E-state index in [4.69, 9.17) is 0 Å². The first-order valence-electron chi connectivity index (χ1n) is 9.58. The molecule has 0 saturated carbocycles. The molecule has 0 saturated heterocycles. The van der Waals surface area contributed by atoms with E-state index in [9.17, 15) is 14.0 Å². The largest absolute Gasteiger partial charge is 0.355 e. The summed E-state index contributed by atoms with van der Waals surface area (Å²) in [5, 5.41) is 2.81. The number of amides is 2. The van der Waals surface area contributed by atoms with Crippen LogP contribution in [0.1, 0.15) is 31.4 Å². The summed E-state index contributed by atoms with van der Waals surface area (Å²) in [5.41, 5.74) is 1.92. The number of carbonyl (C=O) groups is 2. The molecule has 2 rings (SSSR count). The minimum Gasteiger partial charge on any atom is -0.355 e. The van der Waals surface area contributed by atoms with Crippen LogP contribution in [0.25, 0.3) is 0 Å². The lowest BCUT2D eigenvalue weighted by atomic mass is 10.1. The minimum absolute atomic E-state index is 0.102. The molecule has 4 nitrogen and oxygen atoms in total. The Morgan fingerprint density at radius 1 is 1.07 bits per heavy atom. The van der Waals surface area contributed by atoms with Gasteiger partial charge in [-0.2, -0.15) is 0 Å². The summed E-state index contributed by atoms with van der Waals surface area (Å²) in [6.45, 7) is 4.52. The molecule has 0 heterocycles. The van der Waals surface area contributed by atoms with Crippen LogP contribution in [0.4, 0.5) is 4.39 Å². The van der Waals surface area contributed by atoms with E-state index >= 15 is 0 Å². The molecule has 0 spiro atoms. The number of halogens is 2. The predicted octanol–water partition coefficient (Wildman–Crippen LogP) is 4.76. The predicted molar refractivity (Wildman–Crippen MR) is 120 cm³/mol. The van der Waals surface area contributed by atoms with Crippen LogP contribution in [-0.2, 0) is 21.9 Å². The molecule has 0 aromatic heterocycles. The highest BCUT2D eigenvalue weighted by molar-refractivity contribution is 9.10. The Balaban J connectivity index is 2.08. The van der Waals surface area contributed by atoms with Crippen molar-refractivity contribution in [3.8, 4) is 0 Å². The molecule has 2 aromatic carbocycles. The van der Waals surface area contributed by atoms with Gasteiger partial charge in [0.25, 0.3) is 0 Å². The Morgan fingerprint density at radius 2 is 1.69 bits per heavy atom. The van der Waals surface area contributed by atoms with Gasteiger partial charge in [-0.1, -0.05) is 47.1 Å². The van der Waals surface area contributed by atoms with E-state index in [-0.39, 0.29) is 29.9 Å². The molecule has 2 aromatic rings. The Bertz CT molecular complexity index is 799. The van der Waals surface area contributed by atoms with Crippen LogP contribution in [0.3, 0.4) is 0 Å². The molecule has 0 aliphatic rings. The molecule has 7 heteroatoms. The van der Waals surface area contributed by atoms with E-state index in [1.54, 1.807) is 17.0 Å². The summed E-state index contributed by atoms with van der Waals surface area (Å²) in [7, 11) is 0.